The summed E-state index contributed by atoms with van der Waals surface area (Å²) in [5, 5.41) is 20.8. The molecule has 0 aliphatic carbocycles. The van der Waals surface area contributed by atoms with Crippen LogP contribution in [0.4, 0.5) is 0 Å². The zero-order chi connectivity index (χ0) is 13.1. The van der Waals surface area contributed by atoms with E-state index in [1.807, 2.05) is 0 Å². The summed E-state index contributed by atoms with van der Waals surface area (Å²) < 4.78 is 0.713. The molecule has 1 heterocycles. The molecule has 1 aromatic heterocycles. The number of fused-ring (bicyclic) bond motifs is 1. The van der Waals surface area contributed by atoms with Gasteiger partial charge in [0, 0.05) is 17.5 Å². The first-order valence-corrected chi connectivity index (χ1v) is 5.84. The Balaban J connectivity index is 2.26. The number of hydrogen-bond donors (Lipinski definition) is 1. The van der Waals surface area contributed by atoms with Gasteiger partial charge in [-0.3, -0.25) is 4.79 Å². The first-order valence-electron chi connectivity index (χ1n) is 5.46. The Kier molecular flexibility index (Phi) is 3.62. The smallest absolute Gasteiger partial charge is 0.303 e. The fourth-order valence-electron chi connectivity index (χ4n) is 1.70. The number of carboxylic acids is 1. The number of aliphatic carboxylic acids is 1. The number of halogens is 1. The number of hydrogen-bond acceptors (Lipinski definition) is 3. The molecular weight excluding hydrogens is 256 g/mol. The number of nitrogens with zero attached hydrogens (tertiary/aromatic N) is 2. The van der Waals surface area contributed by atoms with Crippen molar-refractivity contribution in [2.24, 2.45) is 0 Å². The minimum Gasteiger partial charge on any atom is -0.618 e. The van der Waals surface area contributed by atoms with Crippen LogP contribution in [0.15, 0.2) is 24.4 Å². The van der Waals surface area contributed by atoms with E-state index < -0.39 is 5.97 Å². The Labute approximate surface area is 108 Å². The predicted octanol–water partition coefficient (Wildman–Crippen LogP) is 1.93. The van der Waals surface area contributed by atoms with Gasteiger partial charge >= 0.3 is 5.97 Å². The van der Waals surface area contributed by atoms with Gasteiger partial charge in [-0.05, 0) is 25.0 Å². The summed E-state index contributed by atoms with van der Waals surface area (Å²) in [7, 11) is 0. The van der Waals surface area contributed by atoms with E-state index in [1.165, 1.54) is 6.20 Å². The lowest BCUT2D eigenvalue weighted by Gasteiger charge is -2.04. The van der Waals surface area contributed by atoms with Crippen molar-refractivity contribution in [2.45, 2.75) is 19.3 Å². The van der Waals surface area contributed by atoms with Crippen LogP contribution in [-0.2, 0) is 11.2 Å². The third kappa shape index (κ3) is 2.87. The number of rotatable bonds is 4. The molecule has 0 amide bonds. The normalized spacial score (nSPS) is 10.7. The second-order valence-electron chi connectivity index (χ2n) is 3.94. The first kappa shape index (κ1) is 12.6. The maximum absolute atomic E-state index is 11.8. The third-order valence-electron chi connectivity index (χ3n) is 2.53. The molecule has 0 spiro atoms. The molecule has 0 saturated heterocycles. The van der Waals surface area contributed by atoms with Gasteiger partial charge in [-0.25, -0.2) is 4.98 Å². The summed E-state index contributed by atoms with van der Waals surface area (Å²) in [6.45, 7) is 0. The van der Waals surface area contributed by atoms with Crippen molar-refractivity contribution in [3.05, 3.63) is 40.3 Å². The summed E-state index contributed by atoms with van der Waals surface area (Å²) in [5.41, 5.74) is 1.55. The van der Waals surface area contributed by atoms with Gasteiger partial charge in [0.25, 0.3) is 0 Å². The Bertz CT molecular complexity index is 601. The van der Waals surface area contributed by atoms with E-state index in [4.69, 9.17) is 16.7 Å². The standard InChI is InChI=1S/C12H11ClN2O3/c13-8-4-5-10-11(6-8)15(18)7-9(14-10)2-1-3-12(16)17/h4-7H,1-3H2,(H,16,17). The average molecular weight is 267 g/mol. The first-order chi connectivity index (χ1) is 8.56. The van der Waals surface area contributed by atoms with Gasteiger partial charge in [-0.2, -0.15) is 4.73 Å². The van der Waals surface area contributed by atoms with Gasteiger partial charge in [0.05, 0.1) is 0 Å². The number of carboxylic acid groups (broad SMARTS) is 1. The largest absolute Gasteiger partial charge is 0.618 e. The van der Waals surface area contributed by atoms with Gasteiger partial charge in [0.1, 0.15) is 11.2 Å². The van der Waals surface area contributed by atoms with Crippen molar-refractivity contribution in [1.82, 2.24) is 4.98 Å². The zero-order valence-electron chi connectivity index (χ0n) is 9.47. The highest BCUT2D eigenvalue weighted by Crippen LogP contribution is 2.15. The minimum absolute atomic E-state index is 0.0686. The minimum atomic E-state index is -0.849. The van der Waals surface area contributed by atoms with E-state index >= 15 is 0 Å². The van der Waals surface area contributed by atoms with E-state index in [0.717, 1.165) is 0 Å². The van der Waals surface area contributed by atoms with Gasteiger partial charge in [-0.1, -0.05) is 11.6 Å². The van der Waals surface area contributed by atoms with E-state index in [0.29, 0.717) is 39.3 Å². The SMILES string of the molecule is O=C(O)CCCc1c[n+]([O-])c2cc(Cl)ccc2n1. The lowest BCUT2D eigenvalue weighted by Crippen LogP contribution is -2.28. The van der Waals surface area contributed by atoms with Crippen LogP contribution in [0.25, 0.3) is 11.0 Å². The predicted molar refractivity (Wildman–Crippen MR) is 66.3 cm³/mol. The zero-order valence-corrected chi connectivity index (χ0v) is 10.2. The van der Waals surface area contributed by atoms with E-state index in [1.54, 1.807) is 18.2 Å². The van der Waals surface area contributed by atoms with E-state index in [-0.39, 0.29) is 6.42 Å². The van der Waals surface area contributed by atoms with Crippen molar-refractivity contribution in [3.63, 3.8) is 0 Å². The molecule has 0 atom stereocenters. The van der Waals surface area contributed by atoms with Crippen LogP contribution in [0.3, 0.4) is 0 Å². The highest BCUT2D eigenvalue weighted by molar-refractivity contribution is 6.31. The third-order valence-corrected chi connectivity index (χ3v) is 2.76. The van der Waals surface area contributed by atoms with Crippen LogP contribution in [0.5, 0.6) is 0 Å². The average Bonchev–Trinajstić information content (AvgIpc) is 2.30. The Morgan fingerprint density at radius 3 is 3.00 bits per heavy atom. The van der Waals surface area contributed by atoms with Crippen molar-refractivity contribution in [3.8, 4) is 0 Å². The molecular formula is C12H11ClN2O3. The van der Waals surface area contributed by atoms with Crippen molar-refractivity contribution in [1.29, 1.82) is 0 Å². The summed E-state index contributed by atoms with van der Waals surface area (Å²) in [6, 6.07) is 4.89. The summed E-state index contributed by atoms with van der Waals surface area (Å²) in [4.78, 5) is 14.7. The molecule has 0 aliphatic rings. The molecule has 0 aliphatic heterocycles. The fourth-order valence-corrected chi connectivity index (χ4v) is 1.86. The van der Waals surface area contributed by atoms with Crippen molar-refractivity contribution < 1.29 is 14.6 Å². The van der Waals surface area contributed by atoms with Gasteiger partial charge in [-0.15, -0.1) is 0 Å². The molecule has 5 nitrogen and oxygen atoms in total. The molecule has 18 heavy (non-hydrogen) atoms. The number of carbonyl (C=O) groups is 1. The van der Waals surface area contributed by atoms with E-state index in [9.17, 15) is 10.0 Å². The van der Waals surface area contributed by atoms with Gasteiger partial charge < -0.3 is 10.3 Å². The van der Waals surface area contributed by atoms with Crippen LogP contribution in [0, 0.1) is 5.21 Å². The van der Waals surface area contributed by atoms with Gasteiger partial charge in [0.15, 0.2) is 0 Å². The maximum atomic E-state index is 11.8. The molecule has 2 rings (SSSR count). The van der Waals surface area contributed by atoms with Crippen molar-refractivity contribution >= 4 is 28.6 Å². The summed E-state index contributed by atoms with van der Waals surface area (Å²) >= 11 is 5.80. The Morgan fingerprint density at radius 1 is 1.50 bits per heavy atom. The molecule has 0 fully saturated rings. The van der Waals surface area contributed by atoms with E-state index in [2.05, 4.69) is 4.98 Å². The topological polar surface area (TPSA) is 77.1 Å². The molecule has 6 heteroatoms. The number of aryl methyl sites for hydroxylation is 1. The molecule has 0 unspecified atom stereocenters. The summed E-state index contributed by atoms with van der Waals surface area (Å²) in [6.07, 6.45) is 2.36. The maximum Gasteiger partial charge on any atom is 0.303 e. The lowest BCUT2D eigenvalue weighted by molar-refractivity contribution is -0.577. The van der Waals surface area contributed by atoms with Crippen LogP contribution in [-0.4, -0.2) is 16.1 Å². The quantitative estimate of drug-likeness (QED) is 0.678. The molecule has 1 N–H and O–H groups in total. The second kappa shape index (κ2) is 5.18. The van der Waals surface area contributed by atoms with Crippen LogP contribution >= 0.6 is 11.6 Å². The fraction of sp³-hybridized carbons (Fsp3) is 0.250. The van der Waals surface area contributed by atoms with Crippen LogP contribution in [0.2, 0.25) is 5.02 Å². The molecule has 0 bridgehead atoms. The van der Waals surface area contributed by atoms with Crippen LogP contribution < -0.4 is 4.73 Å². The highest BCUT2D eigenvalue weighted by atomic mass is 35.5. The Morgan fingerprint density at radius 2 is 2.28 bits per heavy atom. The monoisotopic (exact) mass is 266 g/mol. The molecule has 0 saturated carbocycles. The van der Waals surface area contributed by atoms with Crippen LogP contribution in [0.1, 0.15) is 18.5 Å². The molecule has 94 valence electrons. The second-order valence-corrected chi connectivity index (χ2v) is 4.37. The lowest BCUT2D eigenvalue weighted by atomic mass is 10.2. The number of aromatic nitrogens is 2. The van der Waals surface area contributed by atoms with Crippen molar-refractivity contribution in [2.75, 3.05) is 0 Å². The highest BCUT2D eigenvalue weighted by Gasteiger charge is 2.09. The molecule has 1 aromatic carbocycles. The Hall–Kier alpha value is -1.88. The number of benzene rings is 1. The van der Waals surface area contributed by atoms with Gasteiger partial charge in [0.2, 0.25) is 11.7 Å². The molecule has 2 aromatic rings. The molecule has 0 radical (unpaired) electrons. The summed E-state index contributed by atoms with van der Waals surface area (Å²) in [5.74, 6) is -0.849.